The summed E-state index contributed by atoms with van der Waals surface area (Å²) in [5.74, 6) is -0.925. The topological polar surface area (TPSA) is 275 Å². The number of amides is 3. The molecule has 2 aliphatic heterocycles. The fourth-order valence-corrected chi connectivity index (χ4v) is 5.51. The van der Waals surface area contributed by atoms with Gasteiger partial charge in [0.25, 0.3) is 0 Å². The second kappa shape index (κ2) is 23.2. The van der Waals surface area contributed by atoms with Gasteiger partial charge in [0.1, 0.15) is 30.2 Å². The normalized spacial score (nSPS) is 30.5. The number of hydrogen-bond donors (Lipinski definition) is 10. The number of aliphatic hydroxyl groups is 6. The zero-order valence-electron chi connectivity index (χ0n) is 28.3. The predicted octanol–water partition coefficient (Wildman–Crippen LogP) is -3.70. The number of rotatable bonds is 21. The number of aliphatic hydroxyl groups excluding tert-OH is 6. The summed E-state index contributed by atoms with van der Waals surface area (Å²) in [6.45, 7) is 2.75. The average Bonchev–Trinajstić information content (AvgIpc) is 3.23. The van der Waals surface area contributed by atoms with Gasteiger partial charge in [0.2, 0.25) is 17.7 Å². The molecule has 0 bridgehead atoms. The standard InChI is InChI=1S/C31H56N4O14/c1-18(38)34-21-13-23(41)28(44)25(16-36)48-30(21)46-11-5-3-7-20(40)15-32-9-10-33-27(43)8-4-6-12-47-31-22(35-19(2)39)14-24(42)29(45)26(17-37)49-31/h21-26,28-32,36-37,41-42,44-45H,3-17H2,1-2H3,(H,33,43)(H,34,38)(H,35,39)/t21?,22?,23?,24?,25?,26?,28-,29-,30-,31-/m1/s1. The Morgan fingerprint density at radius 1 is 0.694 bits per heavy atom. The number of carbonyl (C=O) groups excluding carboxylic acids is 4. The molecule has 3 amide bonds. The van der Waals surface area contributed by atoms with Crippen LogP contribution >= 0.6 is 0 Å². The van der Waals surface area contributed by atoms with Gasteiger partial charge in [0.05, 0.1) is 44.1 Å². The quantitative estimate of drug-likeness (QED) is 0.0514. The summed E-state index contributed by atoms with van der Waals surface area (Å²) in [5, 5.41) is 70.6. The first kappa shape index (κ1) is 42.8. The monoisotopic (exact) mass is 708 g/mol. The Morgan fingerprint density at radius 2 is 1.16 bits per heavy atom. The van der Waals surface area contributed by atoms with Gasteiger partial charge in [-0.05, 0) is 25.7 Å². The molecular weight excluding hydrogens is 652 g/mol. The van der Waals surface area contributed by atoms with Crippen molar-refractivity contribution in [2.24, 2.45) is 0 Å². The lowest BCUT2D eigenvalue weighted by atomic mass is 10.0. The van der Waals surface area contributed by atoms with Gasteiger partial charge in [-0.1, -0.05) is 0 Å². The minimum absolute atomic E-state index is 0.0205. The Bertz CT molecular complexity index is 933. The van der Waals surface area contributed by atoms with Crippen LogP contribution in [-0.2, 0) is 38.1 Å². The molecule has 0 spiro atoms. The Kier molecular flexibility index (Phi) is 20.2. The number of carbonyl (C=O) groups is 4. The summed E-state index contributed by atoms with van der Waals surface area (Å²) in [6, 6.07) is -1.47. The number of Topliss-reactive ketones (excluding diaryl/α,β-unsaturated/α-hetero) is 1. The molecular formula is C31H56N4O14. The molecule has 0 aromatic heterocycles. The van der Waals surface area contributed by atoms with E-state index in [0.717, 1.165) is 0 Å². The Labute approximate surface area is 286 Å². The highest BCUT2D eigenvalue weighted by Crippen LogP contribution is 2.23. The first-order valence-corrected chi connectivity index (χ1v) is 16.9. The molecule has 18 heteroatoms. The minimum atomic E-state index is -1.34. The van der Waals surface area contributed by atoms with Crippen LogP contribution < -0.4 is 21.3 Å². The summed E-state index contributed by atoms with van der Waals surface area (Å²) >= 11 is 0. The molecule has 2 heterocycles. The third-order valence-electron chi connectivity index (χ3n) is 8.11. The minimum Gasteiger partial charge on any atom is -0.394 e. The van der Waals surface area contributed by atoms with Crippen molar-refractivity contribution >= 4 is 23.5 Å². The number of nitrogens with one attached hydrogen (secondary N) is 4. The summed E-state index contributed by atoms with van der Waals surface area (Å²) < 4.78 is 22.7. The van der Waals surface area contributed by atoms with Crippen molar-refractivity contribution in [2.45, 2.75) is 127 Å². The summed E-state index contributed by atoms with van der Waals surface area (Å²) in [7, 11) is 0. The fraction of sp³-hybridized carbons (Fsp3) is 0.871. The van der Waals surface area contributed by atoms with Crippen LogP contribution in [0.3, 0.4) is 0 Å². The lowest BCUT2D eigenvalue weighted by Gasteiger charge is -2.27. The van der Waals surface area contributed by atoms with Crippen LogP contribution in [0, 0.1) is 0 Å². The Morgan fingerprint density at radius 3 is 1.61 bits per heavy atom. The molecule has 284 valence electrons. The first-order chi connectivity index (χ1) is 23.4. The summed E-state index contributed by atoms with van der Waals surface area (Å²) in [6.07, 6.45) is -6.76. The van der Waals surface area contributed by atoms with Gasteiger partial charge >= 0.3 is 0 Å². The van der Waals surface area contributed by atoms with E-state index in [-0.39, 0.29) is 62.5 Å². The van der Waals surface area contributed by atoms with Crippen LogP contribution in [0.5, 0.6) is 0 Å². The van der Waals surface area contributed by atoms with Crippen LogP contribution in [0.4, 0.5) is 0 Å². The maximum Gasteiger partial charge on any atom is 0.220 e. The molecule has 0 saturated carbocycles. The maximum atomic E-state index is 12.2. The average molecular weight is 709 g/mol. The van der Waals surface area contributed by atoms with Crippen LogP contribution in [0.1, 0.15) is 65.2 Å². The number of unbranched alkanes of at least 4 members (excludes halogenated alkanes) is 2. The molecule has 18 nitrogen and oxygen atoms in total. The van der Waals surface area contributed by atoms with E-state index in [1.54, 1.807) is 0 Å². The predicted molar refractivity (Wildman–Crippen MR) is 170 cm³/mol. The molecule has 0 aromatic carbocycles. The van der Waals surface area contributed by atoms with Gasteiger partial charge in [0.15, 0.2) is 12.6 Å². The van der Waals surface area contributed by atoms with Gasteiger partial charge in [0, 0.05) is 65.8 Å². The van der Waals surface area contributed by atoms with Gasteiger partial charge in [-0.25, -0.2) is 0 Å². The van der Waals surface area contributed by atoms with E-state index in [9.17, 15) is 49.8 Å². The van der Waals surface area contributed by atoms with Crippen molar-refractivity contribution < 1.29 is 68.8 Å². The van der Waals surface area contributed by atoms with Crippen molar-refractivity contribution in [3.63, 3.8) is 0 Å². The molecule has 49 heavy (non-hydrogen) atoms. The van der Waals surface area contributed by atoms with Crippen molar-refractivity contribution in [1.82, 2.24) is 21.3 Å². The molecule has 2 aliphatic rings. The smallest absolute Gasteiger partial charge is 0.220 e. The zero-order valence-corrected chi connectivity index (χ0v) is 28.3. The summed E-state index contributed by atoms with van der Waals surface area (Å²) in [5.41, 5.74) is 0. The van der Waals surface area contributed by atoms with Crippen molar-refractivity contribution in [1.29, 1.82) is 0 Å². The maximum absolute atomic E-state index is 12.2. The molecule has 10 atom stereocenters. The van der Waals surface area contributed by atoms with E-state index in [1.165, 1.54) is 13.8 Å². The van der Waals surface area contributed by atoms with Gasteiger partial charge in [-0.15, -0.1) is 0 Å². The molecule has 2 saturated heterocycles. The molecule has 0 aliphatic carbocycles. The lowest BCUT2D eigenvalue weighted by Crippen LogP contribution is -2.46. The highest BCUT2D eigenvalue weighted by Gasteiger charge is 2.40. The van der Waals surface area contributed by atoms with E-state index < -0.39 is 74.5 Å². The summed E-state index contributed by atoms with van der Waals surface area (Å²) in [4.78, 5) is 47.6. The van der Waals surface area contributed by atoms with E-state index in [1.807, 2.05) is 0 Å². The second-order valence-electron chi connectivity index (χ2n) is 12.4. The van der Waals surface area contributed by atoms with E-state index in [2.05, 4.69) is 21.3 Å². The van der Waals surface area contributed by atoms with Crippen molar-refractivity contribution in [3.8, 4) is 0 Å². The van der Waals surface area contributed by atoms with Gasteiger partial charge in [-0.3, -0.25) is 19.2 Å². The van der Waals surface area contributed by atoms with Crippen LogP contribution in [0.15, 0.2) is 0 Å². The number of ketones is 1. The molecule has 0 aromatic rings. The van der Waals surface area contributed by atoms with Gasteiger partial charge < -0.3 is 70.9 Å². The Hall–Kier alpha value is -2.36. The van der Waals surface area contributed by atoms with Crippen LogP contribution in [-0.4, -0.2) is 161 Å². The zero-order chi connectivity index (χ0) is 36.3. The van der Waals surface area contributed by atoms with Crippen LogP contribution in [0.25, 0.3) is 0 Å². The van der Waals surface area contributed by atoms with E-state index in [4.69, 9.17) is 18.9 Å². The third-order valence-corrected chi connectivity index (χ3v) is 8.11. The fourth-order valence-electron chi connectivity index (χ4n) is 5.51. The molecule has 2 fully saturated rings. The number of ether oxygens (including phenoxy) is 4. The Balaban J connectivity index is 1.56. The lowest BCUT2D eigenvalue weighted by molar-refractivity contribution is -0.205. The largest absolute Gasteiger partial charge is 0.394 e. The molecule has 10 N–H and O–H groups in total. The highest BCUT2D eigenvalue weighted by atomic mass is 16.7. The number of hydrogen-bond acceptors (Lipinski definition) is 15. The van der Waals surface area contributed by atoms with Crippen molar-refractivity contribution in [2.75, 3.05) is 46.1 Å². The van der Waals surface area contributed by atoms with E-state index in [0.29, 0.717) is 45.2 Å². The SMILES string of the molecule is CC(=O)NC1CC(O)[C@@H](O)C(CO)O[C@H]1OCCCCC(=O)CNCCNC(=O)CCCCO[C@@H]1OC(CO)[C@H](O)C(O)CC1NC(C)=O. The first-order valence-electron chi connectivity index (χ1n) is 16.9. The van der Waals surface area contributed by atoms with Gasteiger partial charge in [-0.2, -0.15) is 0 Å². The van der Waals surface area contributed by atoms with E-state index >= 15 is 0 Å². The second-order valence-corrected chi connectivity index (χ2v) is 12.4. The van der Waals surface area contributed by atoms with Crippen LogP contribution in [0.2, 0.25) is 0 Å². The highest BCUT2D eigenvalue weighted by molar-refractivity contribution is 5.80. The molecule has 6 unspecified atom stereocenters. The third kappa shape index (κ3) is 16.0. The van der Waals surface area contributed by atoms with Crippen molar-refractivity contribution in [3.05, 3.63) is 0 Å². The molecule has 2 rings (SSSR count). The molecule has 0 radical (unpaired) electrons.